The van der Waals surface area contributed by atoms with E-state index in [9.17, 15) is 14.7 Å². The van der Waals surface area contributed by atoms with Gasteiger partial charge in [0, 0.05) is 6.20 Å². The molecule has 0 radical (unpaired) electrons. The first-order valence-electron chi connectivity index (χ1n) is 4.36. The number of allylic oxidation sites excluding steroid dienone is 2. The van der Waals surface area contributed by atoms with Gasteiger partial charge < -0.3 is 10.8 Å². The Balaban J connectivity index is 2.65. The van der Waals surface area contributed by atoms with Crippen molar-refractivity contribution in [3.63, 3.8) is 0 Å². The van der Waals surface area contributed by atoms with Crippen LogP contribution in [0.1, 0.15) is 0 Å². The van der Waals surface area contributed by atoms with Crippen molar-refractivity contribution in [1.82, 2.24) is 4.90 Å². The van der Waals surface area contributed by atoms with Gasteiger partial charge in [-0.25, -0.2) is 4.79 Å². The number of nitrogens with two attached hydrogens (primary N) is 1. The number of carbonyl (C=O) groups is 1. The van der Waals surface area contributed by atoms with Gasteiger partial charge in [0.15, 0.2) is 11.6 Å². The molecule has 3 N–H and O–H groups in total. The highest BCUT2D eigenvalue weighted by atomic mass is 16.3. The van der Waals surface area contributed by atoms with Crippen LogP contribution in [-0.2, 0) is 9.59 Å². The molecule has 0 saturated heterocycles. The van der Waals surface area contributed by atoms with E-state index in [1.807, 2.05) is 0 Å². The number of carbonyl (C=O) groups excluding carboxylic acids is 2. The average Bonchev–Trinajstić information content (AvgIpc) is 2.26. The number of amidine groups is 1. The van der Waals surface area contributed by atoms with Crippen molar-refractivity contribution in [2.75, 3.05) is 0 Å². The number of amides is 1. The number of primary amides is 1. The van der Waals surface area contributed by atoms with Crippen molar-refractivity contribution in [3.8, 4) is 0 Å². The van der Waals surface area contributed by atoms with Crippen LogP contribution in [0.2, 0.25) is 0 Å². The summed E-state index contributed by atoms with van der Waals surface area (Å²) in [5.41, 5.74) is 4.57. The van der Waals surface area contributed by atoms with Crippen molar-refractivity contribution in [3.05, 3.63) is 41.6 Å². The van der Waals surface area contributed by atoms with Gasteiger partial charge in [0.05, 0.1) is 0 Å². The normalized spacial score (nSPS) is 18.1. The lowest BCUT2D eigenvalue weighted by atomic mass is 10.1. The molecule has 2 rings (SSSR count). The molecule has 16 heavy (non-hydrogen) atoms. The molecule has 0 aromatic rings. The van der Waals surface area contributed by atoms with E-state index in [4.69, 9.17) is 5.73 Å². The van der Waals surface area contributed by atoms with Crippen LogP contribution in [0.5, 0.6) is 0 Å². The number of fused-ring (bicyclic) bond motifs is 1. The Labute approximate surface area is 90.4 Å². The van der Waals surface area contributed by atoms with Gasteiger partial charge in [0.25, 0.3) is 5.91 Å². The summed E-state index contributed by atoms with van der Waals surface area (Å²) < 4.78 is 0. The summed E-state index contributed by atoms with van der Waals surface area (Å²) in [5.74, 6) is 0.394. The Kier molecular flexibility index (Phi) is 2.19. The van der Waals surface area contributed by atoms with Crippen molar-refractivity contribution >= 4 is 17.7 Å². The van der Waals surface area contributed by atoms with E-state index in [0.717, 1.165) is 0 Å². The fourth-order valence-corrected chi connectivity index (χ4v) is 1.43. The summed E-state index contributed by atoms with van der Waals surface area (Å²) >= 11 is 0. The number of aliphatic imine (C=N–C) groups is 1. The number of hydrogen-bond donors (Lipinski definition) is 2. The minimum absolute atomic E-state index is 0.143. The first-order chi connectivity index (χ1) is 7.65. The Morgan fingerprint density at radius 3 is 2.88 bits per heavy atom. The number of hydrogen-bond acceptors (Lipinski definition) is 5. The highest BCUT2D eigenvalue weighted by Crippen LogP contribution is 2.24. The molecule has 6 nitrogen and oxygen atoms in total. The molecule has 0 aromatic heterocycles. The molecule has 0 fully saturated rings. The molecule has 80 valence electrons. The molecule has 6 heteroatoms. The second-order valence-corrected chi connectivity index (χ2v) is 3.05. The van der Waals surface area contributed by atoms with E-state index in [0.29, 0.717) is 5.84 Å². The lowest BCUT2D eigenvalue weighted by Crippen LogP contribution is -2.34. The summed E-state index contributed by atoms with van der Waals surface area (Å²) in [7, 11) is 0. The van der Waals surface area contributed by atoms with Crippen molar-refractivity contribution in [2.24, 2.45) is 10.7 Å². The summed E-state index contributed by atoms with van der Waals surface area (Å²) in [4.78, 5) is 27.0. The maximum atomic E-state index is 11.1. The zero-order chi connectivity index (χ0) is 11.7. The lowest BCUT2D eigenvalue weighted by Gasteiger charge is -2.26. The monoisotopic (exact) mass is 217 g/mol. The maximum absolute atomic E-state index is 11.1. The molecule has 1 amide bonds. The zero-order valence-corrected chi connectivity index (χ0v) is 8.04. The Hall–Kier alpha value is -2.59. The molecule has 0 bridgehead atoms. The molecular formula is C10H7N3O3. The van der Waals surface area contributed by atoms with Gasteiger partial charge in [-0.15, -0.1) is 0 Å². The molecule has 0 aliphatic carbocycles. The maximum Gasteiger partial charge on any atom is 0.257 e. The smallest absolute Gasteiger partial charge is 0.257 e. The van der Waals surface area contributed by atoms with E-state index in [1.54, 1.807) is 24.2 Å². The van der Waals surface area contributed by atoms with Crippen LogP contribution < -0.4 is 5.73 Å². The van der Waals surface area contributed by atoms with Crippen molar-refractivity contribution < 1.29 is 14.7 Å². The summed E-state index contributed by atoms with van der Waals surface area (Å²) in [5, 5.41) is 9.49. The lowest BCUT2D eigenvalue weighted by molar-refractivity contribution is -0.114. The first kappa shape index (κ1) is 9.95. The molecule has 0 saturated carbocycles. The van der Waals surface area contributed by atoms with Crippen LogP contribution in [0.4, 0.5) is 0 Å². The molecule has 2 aliphatic rings. The molecule has 2 heterocycles. The van der Waals surface area contributed by atoms with Crippen LogP contribution in [0.25, 0.3) is 0 Å². The number of rotatable bonds is 1. The Morgan fingerprint density at radius 2 is 2.25 bits per heavy atom. The zero-order valence-electron chi connectivity index (χ0n) is 8.04. The topological polar surface area (TPSA) is 96.0 Å². The largest absolute Gasteiger partial charge is 0.493 e. The van der Waals surface area contributed by atoms with Gasteiger partial charge in [0.2, 0.25) is 5.88 Å². The summed E-state index contributed by atoms with van der Waals surface area (Å²) in [6.45, 7) is 0. The van der Waals surface area contributed by atoms with Crippen molar-refractivity contribution in [2.45, 2.75) is 0 Å². The molecule has 0 atom stereocenters. The fraction of sp³-hybridized carbons (Fsp3) is 0. The van der Waals surface area contributed by atoms with Gasteiger partial charge in [-0.3, -0.25) is 9.69 Å². The standard InChI is InChI=1S/C10H7N3O3/c11-9(15)8-6(5-14)13-4-2-1-3-7(13)12-10(8)16/h1-4,16H,(H2,11,15). The number of nitrogens with zero attached hydrogens (tertiary/aromatic N) is 2. The molecular weight excluding hydrogens is 210 g/mol. The van der Waals surface area contributed by atoms with Gasteiger partial charge in [-0.2, -0.15) is 4.99 Å². The van der Waals surface area contributed by atoms with E-state index >= 15 is 0 Å². The van der Waals surface area contributed by atoms with Gasteiger partial charge >= 0.3 is 0 Å². The van der Waals surface area contributed by atoms with Crippen molar-refractivity contribution in [1.29, 1.82) is 0 Å². The highest BCUT2D eigenvalue weighted by Gasteiger charge is 2.30. The minimum Gasteiger partial charge on any atom is -0.493 e. The van der Waals surface area contributed by atoms with E-state index in [2.05, 4.69) is 4.99 Å². The van der Waals surface area contributed by atoms with Crippen LogP contribution in [0, 0.1) is 0 Å². The average molecular weight is 217 g/mol. The SMILES string of the molecule is NC(=O)C1=C(O)N=C2C=CC=CN2C1=C=O. The third-order valence-electron chi connectivity index (χ3n) is 2.10. The van der Waals surface area contributed by atoms with Gasteiger partial charge in [0.1, 0.15) is 11.4 Å². The quantitative estimate of drug-likeness (QED) is 0.592. The number of aliphatic hydroxyl groups excluding tert-OH is 1. The predicted molar refractivity (Wildman–Crippen MR) is 55.6 cm³/mol. The summed E-state index contributed by atoms with van der Waals surface area (Å²) in [6.07, 6.45) is 6.43. The fourth-order valence-electron chi connectivity index (χ4n) is 1.43. The van der Waals surface area contributed by atoms with E-state index in [-0.39, 0.29) is 11.3 Å². The van der Waals surface area contributed by atoms with E-state index < -0.39 is 11.8 Å². The predicted octanol–water partition coefficient (Wildman–Crippen LogP) is -0.246. The summed E-state index contributed by atoms with van der Waals surface area (Å²) in [6, 6.07) is 0. The third kappa shape index (κ3) is 1.34. The number of aliphatic hydroxyl groups is 1. The molecule has 2 aliphatic heterocycles. The Morgan fingerprint density at radius 1 is 1.50 bits per heavy atom. The molecule has 0 unspecified atom stereocenters. The van der Waals surface area contributed by atoms with Crippen LogP contribution in [0.3, 0.4) is 0 Å². The second kappa shape index (κ2) is 3.52. The van der Waals surface area contributed by atoms with Gasteiger partial charge in [-0.1, -0.05) is 6.08 Å². The second-order valence-electron chi connectivity index (χ2n) is 3.05. The van der Waals surface area contributed by atoms with Gasteiger partial charge in [-0.05, 0) is 12.2 Å². The molecule has 0 aromatic carbocycles. The minimum atomic E-state index is -0.929. The van der Waals surface area contributed by atoms with E-state index in [1.165, 1.54) is 11.1 Å². The molecule has 0 spiro atoms. The third-order valence-corrected chi connectivity index (χ3v) is 2.10. The van der Waals surface area contributed by atoms with Crippen LogP contribution in [-0.4, -0.2) is 27.7 Å². The first-order valence-corrected chi connectivity index (χ1v) is 4.36. The van der Waals surface area contributed by atoms with Crippen LogP contribution >= 0.6 is 0 Å². The Bertz CT molecular complexity index is 534. The van der Waals surface area contributed by atoms with Crippen LogP contribution in [0.15, 0.2) is 46.6 Å². The highest BCUT2D eigenvalue weighted by molar-refractivity contribution is 6.07.